The molecule has 0 radical (unpaired) electrons. The summed E-state index contributed by atoms with van der Waals surface area (Å²) >= 11 is 0. The number of hydrogen-bond acceptors (Lipinski definition) is 2. The van der Waals surface area contributed by atoms with Crippen molar-refractivity contribution in [2.75, 3.05) is 6.61 Å². The molecule has 0 aliphatic rings. The van der Waals surface area contributed by atoms with Gasteiger partial charge in [0.25, 0.3) is 0 Å². The van der Waals surface area contributed by atoms with Gasteiger partial charge in [0.15, 0.2) is 0 Å². The number of benzene rings is 2. The highest BCUT2D eigenvalue weighted by Crippen LogP contribution is 2.21. The lowest BCUT2D eigenvalue weighted by Crippen LogP contribution is -2.13. The number of ether oxygens (including phenoxy) is 1. The molecule has 0 fully saturated rings. The average molecular weight is 283 g/mol. The third kappa shape index (κ3) is 4.33. The second kappa shape index (κ2) is 7.28. The Morgan fingerprint density at radius 2 is 1.48 bits per heavy atom. The Morgan fingerprint density at radius 1 is 0.905 bits per heavy atom. The topological polar surface area (TPSA) is 35.2 Å². The minimum atomic E-state index is 0.0191. The van der Waals surface area contributed by atoms with Crippen molar-refractivity contribution in [1.29, 1.82) is 0 Å². The molecule has 1 unspecified atom stereocenters. The second-order valence-electron chi connectivity index (χ2n) is 5.71. The first kappa shape index (κ1) is 15.6. The highest BCUT2D eigenvalue weighted by molar-refractivity contribution is 5.31. The second-order valence-corrected chi connectivity index (χ2v) is 5.71. The molecule has 21 heavy (non-hydrogen) atoms. The van der Waals surface area contributed by atoms with E-state index in [2.05, 4.69) is 50.2 Å². The van der Waals surface area contributed by atoms with E-state index in [0.29, 0.717) is 12.5 Å². The van der Waals surface area contributed by atoms with Crippen LogP contribution in [-0.2, 0) is 6.42 Å². The fraction of sp³-hybridized carbons (Fsp3) is 0.368. The Hall–Kier alpha value is -1.80. The lowest BCUT2D eigenvalue weighted by Gasteiger charge is -2.14. The molecule has 0 spiro atoms. The SMILES string of the molecule is CCOc1ccc(C(N)Cc2ccc(C(C)C)cc2)cc1. The summed E-state index contributed by atoms with van der Waals surface area (Å²) in [6.45, 7) is 7.09. The summed E-state index contributed by atoms with van der Waals surface area (Å²) in [4.78, 5) is 0. The smallest absolute Gasteiger partial charge is 0.119 e. The van der Waals surface area contributed by atoms with E-state index in [-0.39, 0.29) is 6.04 Å². The molecular formula is C19H25NO. The van der Waals surface area contributed by atoms with Crippen molar-refractivity contribution >= 4 is 0 Å². The van der Waals surface area contributed by atoms with Crippen LogP contribution >= 0.6 is 0 Å². The highest BCUT2D eigenvalue weighted by Gasteiger charge is 2.08. The van der Waals surface area contributed by atoms with Crippen LogP contribution in [0.5, 0.6) is 5.75 Å². The van der Waals surface area contributed by atoms with Crippen molar-refractivity contribution in [3.8, 4) is 5.75 Å². The molecule has 2 aromatic rings. The van der Waals surface area contributed by atoms with Gasteiger partial charge in [-0.05, 0) is 48.1 Å². The van der Waals surface area contributed by atoms with Crippen LogP contribution in [0.2, 0.25) is 0 Å². The predicted octanol–water partition coefficient (Wildman–Crippen LogP) is 4.45. The quantitative estimate of drug-likeness (QED) is 0.850. The van der Waals surface area contributed by atoms with Gasteiger partial charge in [-0.3, -0.25) is 0 Å². The summed E-state index contributed by atoms with van der Waals surface area (Å²) in [5.41, 5.74) is 10.1. The summed E-state index contributed by atoms with van der Waals surface area (Å²) in [5, 5.41) is 0. The Morgan fingerprint density at radius 3 is 2.00 bits per heavy atom. The predicted molar refractivity (Wildman–Crippen MR) is 88.8 cm³/mol. The molecule has 2 N–H and O–H groups in total. The molecule has 112 valence electrons. The Balaban J connectivity index is 2.01. The molecule has 0 aliphatic heterocycles. The molecule has 2 aromatic carbocycles. The van der Waals surface area contributed by atoms with E-state index in [1.165, 1.54) is 11.1 Å². The zero-order valence-electron chi connectivity index (χ0n) is 13.2. The van der Waals surface area contributed by atoms with Crippen LogP contribution in [0, 0.1) is 0 Å². The molecule has 0 bridgehead atoms. The van der Waals surface area contributed by atoms with Gasteiger partial charge in [-0.25, -0.2) is 0 Å². The molecule has 0 aliphatic carbocycles. The van der Waals surface area contributed by atoms with E-state index < -0.39 is 0 Å². The number of nitrogens with two attached hydrogens (primary N) is 1. The standard InChI is InChI=1S/C19H25NO/c1-4-21-18-11-9-17(10-12-18)19(20)13-15-5-7-16(8-6-15)14(2)3/h5-12,14,19H,4,13,20H2,1-3H3. The summed E-state index contributed by atoms with van der Waals surface area (Å²) in [5.74, 6) is 1.47. The third-order valence-electron chi connectivity index (χ3n) is 3.72. The van der Waals surface area contributed by atoms with Crippen LogP contribution in [0.15, 0.2) is 48.5 Å². The van der Waals surface area contributed by atoms with E-state index in [1.807, 2.05) is 19.1 Å². The zero-order chi connectivity index (χ0) is 15.2. The van der Waals surface area contributed by atoms with Crippen LogP contribution in [0.3, 0.4) is 0 Å². The van der Waals surface area contributed by atoms with Crippen LogP contribution in [-0.4, -0.2) is 6.61 Å². The number of rotatable bonds is 6. The van der Waals surface area contributed by atoms with Crippen LogP contribution in [0.4, 0.5) is 0 Å². The first-order valence-corrected chi connectivity index (χ1v) is 7.67. The van der Waals surface area contributed by atoms with E-state index >= 15 is 0 Å². The highest BCUT2D eigenvalue weighted by atomic mass is 16.5. The minimum absolute atomic E-state index is 0.0191. The molecule has 2 rings (SSSR count). The van der Waals surface area contributed by atoms with E-state index in [9.17, 15) is 0 Å². The van der Waals surface area contributed by atoms with Crippen LogP contribution in [0.25, 0.3) is 0 Å². The van der Waals surface area contributed by atoms with E-state index in [1.54, 1.807) is 0 Å². The fourth-order valence-electron chi connectivity index (χ4n) is 2.39. The van der Waals surface area contributed by atoms with Gasteiger partial charge in [-0.15, -0.1) is 0 Å². The number of hydrogen-bond donors (Lipinski definition) is 1. The normalized spacial score (nSPS) is 12.4. The average Bonchev–Trinajstić information content (AvgIpc) is 2.49. The molecule has 2 heteroatoms. The minimum Gasteiger partial charge on any atom is -0.494 e. The maximum absolute atomic E-state index is 6.31. The Kier molecular flexibility index (Phi) is 5.40. The molecule has 0 aromatic heterocycles. The maximum atomic E-state index is 6.31. The Labute approximate surface area is 127 Å². The lowest BCUT2D eigenvalue weighted by atomic mass is 9.96. The van der Waals surface area contributed by atoms with Crippen molar-refractivity contribution in [3.05, 3.63) is 65.2 Å². The van der Waals surface area contributed by atoms with Crippen molar-refractivity contribution in [1.82, 2.24) is 0 Å². The van der Waals surface area contributed by atoms with Gasteiger partial charge in [0.05, 0.1) is 6.61 Å². The first-order valence-electron chi connectivity index (χ1n) is 7.67. The van der Waals surface area contributed by atoms with Gasteiger partial charge in [-0.1, -0.05) is 50.2 Å². The molecule has 0 heterocycles. The fourth-order valence-corrected chi connectivity index (χ4v) is 2.39. The lowest BCUT2D eigenvalue weighted by molar-refractivity contribution is 0.340. The van der Waals surface area contributed by atoms with Gasteiger partial charge in [0.1, 0.15) is 5.75 Å². The summed E-state index contributed by atoms with van der Waals surface area (Å²) in [6.07, 6.45) is 0.854. The molecule has 1 atom stereocenters. The van der Waals surface area contributed by atoms with Crippen molar-refractivity contribution < 1.29 is 4.74 Å². The first-order chi connectivity index (χ1) is 10.1. The van der Waals surface area contributed by atoms with Crippen molar-refractivity contribution in [2.24, 2.45) is 5.73 Å². The summed E-state index contributed by atoms with van der Waals surface area (Å²) in [7, 11) is 0. The van der Waals surface area contributed by atoms with Gasteiger partial charge in [-0.2, -0.15) is 0 Å². The summed E-state index contributed by atoms with van der Waals surface area (Å²) in [6, 6.07) is 16.9. The largest absolute Gasteiger partial charge is 0.494 e. The molecule has 0 amide bonds. The van der Waals surface area contributed by atoms with Gasteiger partial charge >= 0.3 is 0 Å². The van der Waals surface area contributed by atoms with Gasteiger partial charge < -0.3 is 10.5 Å². The van der Waals surface area contributed by atoms with Crippen LogP contribution < -0.4 is 10.5 Å². The van der Waals surface area contributed by atoms with Crippen molar-refractivity contribution in [2.45, 2.75) is 39.2 Å². The summed E-state index contributed by atoms with van der Waals surface area (Å²) < 4.78 is 5.45. The van der Waals surface area contributed by atoms with Gasteiger partial charge in [0, 0.05) is 6.04 Å². The van der Waals surface area contributed by atoms with E-state index in [4.69, 9.17) is 10.5 Å². The monoisotopic (exact) mass is 283 g/mol. The molecule has 2 nitrogen and oxygen atoms in total. The molecular weight excluding hydrogens is 258 g/mol. The molecule has 0 saturated carbocycles. The zero-order valence-corrected chi connectivity index (χ0v) is 13.2. The van der Waals surface area contributed by atoms with E-state index in [0.717, 1.165) is 17.7 Å². The van der Waals surface area contributed by atoms with Crippen LogP contribution in [0.1, 0.15) is 49.4 Å². The van der Waals surface area contributed by atoms with Crippen molar-refractivity contribution in [3.63, 3.8) is 0 Å². The van der Waals surface area contributed by atoms with Gasteiger partial charge in [0.2, 0.25) is 0 Å². The molecule has 0 saturated heterocycles. The third-order valence-corrected chi connectivity index (χ3v) is 3.72. The maximum Gasteiger partial charge on any atom is 0.119 e. The Bertz CT molecular complexity index is 543.